The van der Waals surface area contributed by atoms with Gasteiger partial charge in [0.1, 0.15) is 22.7 Å². The largest absolute Gasteiger partial charge is 0.433 e. The molecule has 0 N–H and O–H groups in total. The van der Waals surface area contributed by atoms with Gasteiger partial charge in [-0.25, -0.2) is 19.9 Å². The van der Waals surface area contributed by atoms with Crippen LogP contribution >= 0.6 is 0 Å². The Kier molecular flexibility index (Phi) is 4.58. The fourth-order valence-electron chi connectivity index (χ4n) is 3.12. The van der Waals surface area contributed by atoms with E-state index in [9.17, 15) is 13.2 Å². The van der Waals surface area contributed by atoms with Crippen molar-refractivity contribution >= 4 is 11.2 Å². The van der Waals surface area contributed by atoms with Gasteiger partial charge in [-0.2, -0.15) is 13.2 Å². The number of imidazole rings is 2. The van der Waals surface area contributed by atoms with Crippen molar-refractivity contribution in [3.63, 3.8) is 0 Å². The van der Waals surface area contributed by atoms with E-state index in [0.29, 0.717) is 12.4 Å². The topological polar surface area (TPSA) is 61.4 Å². The molecule has 9 heteroatoms. The van der Waals surface area contributed by atoms with Crippen LogP contribution in [0.25, 0.3) is 22.7 Å². The second-order valence-electron chi connectivity index (χ2n) is 6.31. The van der Waals surface area contributed by atoms with E-state index in [1.54, 1.807) is 23.2 Å². The molecular formula is C19H17F3N6. The molecule has 4 aromatic heterocycles. The number of aromatic nitrogens is 6. The van der Waals surface area contributed by atoms with Crippen LogP contribution in [0.15, 0.2) is 48.9 Å². The van der Waals surface area contributed by atoms with E-state index in [-0.39, 0.29) is 5.69 Å². The summed E-state index contributed by atoms with van der Waals surface area (Å²) in [5.74, 6) is 1.12. The summed E-state index contributed by atoms with van der Waals surface area (Å²) in [6.07, 6.45) is 1.37. The molecule has 0 fully saturated rings. The molecule has 0 saturated carbocycles. The molecule has 0 atom stereocenters. The number of rotatable bonds is 5. The second kappa shape index (κ2) is 7.06. The van der Waals surface area contributed by atoms with Crippen molar-refractivity contribution < 1.29 is 13.2 Å². The molecular weight excluding hydrogens is 369 g/mol. The fraction of sp³-hybridized carbons (Fsp3) is 0.263. The number of halogens is 3. The predicted octanol–water partition coefficient (Wildman–Crippen LogP) is 4.17. The highest BCUT2D eigenvalue weighted by atomic mass is 19.4. The third-order valence-electron chi connectivity index (χ3n) is 4.33. The third-order valence-corrected chi connectivity index (χ3v) is 4.33. The summed E-state index contributed by atoms with van der Waals surface area (Å²) in [4.78, 5) is 17.0. The number of pyridine rings is 2. The minimum absolute atomic E-state index is 0.163. The van der Waals surface area contributed by atoms with Crippen LogP contribution in [0.3, 0.4) is 0 Å². The lowest BCUT2D eigenvalue weighted by Crippen LogP contribution is -2.11. The summed E-state index contributed by atoms with van der Waals surface area (Å²) >= 11 is 0. The monoisotopic (exact) mass is 386 g/mol. The molecule has 0 unspecified atom stereocenters. The lowest BCUT2D eigenvalue weighted by Gasteiger charge is -2.11. The van der Waals surface area contributed by atoms with E-state index in [4.69, 9.17) is 0 Å². The quantitative estimate of drug-likeness (QED) is 0.517. The van der Waals surface area contributed by atoms with Gasteiger partial charge in [-0.15, -0.1) is 0 Å². The van der Waals surface area contributed by atoms with Crippen LogP contribution in [-0.2, 0) is 19.3 Å². The number of hydrogen-bond acceptors (Lipinski definition) is 4. The summed E-state index contributed by atoms with van der Waals surface area (Å²) in [5.41, 5.74) is 0.793. The highest BCUT2D eigenvalue weighted by molar-refractivity contribution is 5.71. The average Bonchev–Trinajstić information content (AvgIpc) is 3.27. The number of alkyl halides is 3. The Bertz CT molecular complexity index is 1110. The number of aryl methyl sites for hydroxylation is 1. The van der Waals surface area contributed by atoms with Gasteiger partial charge >= 0.3 is 6.18 Å². The zero-order valence-electron chi connectivity index (χ0n) is 15.1. The molecule has 0 aliphatic carbocycles. The minimum Gasteiger partial charge on any atom is -0.322 e. The SMILES string of the molecule is CCCn1c(Cn2ccnc2-c2cccc(C(F)(F)F)n2)nc2cccnc21. The first-order chi connectivity index (χ1) is 13.5. The van der Waals surface area contributed by atoms with Crippen molar-refractivity contribution in [2.75, 3.05) is 0 Å². The molecule has 4 aromatic rings. The number of hydrogen-bond donors (Lipinski definition) is 0. The van der Waals surface area contributed by atoms with Gasteiger partial charge in [-0.05, 0) is 30.7 Å². The molecule has 4 heterocycles. The molecule has 0 saturated heterocycles. The van der Waals surface area contributed by atoms with Crippen molar-refractivity contribution in [1.82, 2.24) is 29.1 Å². The van der Waals surface area contributed by atoms with Crippen LogP contribution in [0.5, 0.6) is 0 Å². The molecule has 0 aliphatic rings. The summed E-state index contributed by atoms with van der Waals surface area (Å²) in [6, 6.07) is 7.51. The maximum absolute atomic E-state index is 13.0. The van der Waals surface area contributed by atoms with Crippen LogP contribution in [0.2, 0.25) is 0 Å². The van der Waals surface area contributed by atoms with Gasteiger partial charge in [0.2, 0.25) is 0 Å². The Labute approximate surface area is 158 Å². The van der Waals surface area contributed by atoms with Crippen LogP contribution in [0.1, 0.15) is 24.9 Å². The summed E-state index contributed by atoms with van der Waals surface area (Å²) < 4.78 is 42.8. The van der Waals surface area contributed by atoms with Crippen molar-refractivity contribution in [2.24, 2.45) is 0 Å². The predicted molar refractivity (Wildman–Crippen MR) is 97.4 cm³/mol. The molecule has 28 heavy (non-hydrogen) atoms. The highest BCUT2D eigenvalue weighted by Gasteiger charge is 2.32. The van der Waals surface area contributed by atoms with Gasteiger partial charge < -0.3 is 9.13 Å². The van der Waals surface area contributed by atoms with Crippen LogP contribution in [0.4, 0.5) is 13.2 Å². The summed E-state index contributed by atoms with van der Waals surface area (Å²) in [6.45, 7) is 3.16. The molecule has 0 amide bonds. The smallest absolute Gasteiger partial charge is 0.322 e. The first kappa shape index (κ1) is 18.1. The zero-order valence-corrected chi connectivity index (χ0v) is 15.1. The van der Waals surface area contributed by atoms with Crippen LogP contribution < -0.4 is 0 Å². The van der Waals surface area contributed by atoms with Crippen molar-refractivity contribution in [3.8, 4) is 11.5 Å². The van der Waals surface area contributed by atoms with Gasteiger partial charge in [-0.3, -0.25) is 0 Å². The molecule has 0 radical (unpaired) electrons. The standard InChI is InChI=1S/C19H17F3N6/c1-2-10-28-16(26-14-6-4-8-23-18(14)28)12-27-11-9-24-17(27)13-5-3-7-15(25-13)19(20,21)22/h3-9,11H,2,10,12H2,1H3. The first-order valence-electron chi connectivity index (χ1n) is 8.83. The zero-order chi connectivity index (χ0) is 19.7. The van der Waals surface area contributed by atoms with E-state index in [1.165, 1.54) is 12.1 Å². The average molecular weight is 386 g/mol. The Morgan fingerprint density at radius 2 is 1.86 bits per heavy atom. The Balaban J connectivity index is 1.74. The molecule has 0 aliphatic heterocycles. The maximum Gasteiger partial charge on any atom is 0.433 e. The van der Waals surface area contributed by atoms with E-state index in [1.807, 2.05) is 16.7 Å². The third kappa shape index (κ3) is 3.35. The minimum atomic E-state index is -4.51. The van der Waals surface area contributed by atoms with E-state index < -0.39 is 11.9 Å². The van der Waals surface area contributed by atoms with Gasteiger partial charge in [0.15, 0.2) is 11.5 Å². The normalized spacial score (nSPS) is 12.0. The van der Waals surface area contributed by atoms with E-state index in [2.05, 4.69) is 26.9 Å². The number of fused-ring (bicyclic) bond motifs is 1. The first-order valence-corrected chi connectivity index (χ1v) is 8.83. The molecule has 0 aromatic carbocycles. The molecule has 144 valence electrons. The lowest BCUT2D eigenvalue weighted by molar-refractivity contribution is -0.141. The van der Waals surface area contributed by atoms with Gasteiger partial charge in [-0.1, -0.05) is 13.0 Å². The summed E-state index contributed by atoms with van der Waals surface area (Å²) in [7, 11) is 0. The van der Waals surface area contributed by atoms with Crippen LogP contribution in [-0.4, -0.2) is 29.1 Å². The second-order valence-corrected chi connectivity index (χ2v) is 6.31. The lowest BCUT2D eigenvalue weighted by atomic mass is 10.3. The van der Waals surface area contributed by atoms with Crippen molar-refractivity contribution in [2.45, 2.75) is 32.6 Å². The Morgan fingerprint density at radius 3 is 2.64 bits per heavy atom. The highest BCUT2D eigenvalue weighted by Crippen LogP contribution is 2.29. The fourth-order valence-corrected chi connectivity index (χ4v) is 3.12. The van der Waals surface area contributed by atoms with E-state index in [0.717, 1.165) is 36.0 Å². The van der Waals surface area contributed by atoms with E-state index >= 15 is 0 Å². The van der Waals surface area contributed by atoms with Crippen LogP contribution in [0, 0.1) is 0 Å². The molecule has 0 spiro atoms. The summed E-state index contributed by atoms with van der Waals surface area (Å²) in [5, 5.41) is 0. The van der Waals surface area contributed by atoms with Gasteiger partial charge in [0.05, 0.1) is 6.54 Å². The van der Waals surface area contributed by atoms with Gasteiger partial charge in [0, 0.05) is 25.1 Å². The molecule has 0 bridgehead atoms. The maximum atomic E-state index is 13.0. The molecule has 4 rings (SSSR count). The van der Waals surface area contributed by atoms with Crippen molar-refractivity contribution in [3.05, 3.63) is 60.4 Å². The Hall–Kier alpha value is -3.23. The Morgan fingerprint density at radius 1 is 1.00 bits per heavy atom. The molecule has 6 nitrogen and oxygen atoms in total. The van der Waals surface area contributed by atoms with Crippen molar-refractivity contribution in [1.29, 1.82) is 0 Å². The number of nitrogens with zero attached hydrogens (tertiary/aromatic N) is 6. The van der Waals surface area contributed by atoms with Gasteiger partial charge in [0.25, 0.3) is 0 Å².